The number of nitrogen functional groups attached to an aromatic ring is 1. The number of nitrogens with one attached hydrogen (secondary N) is 1. The summed E-state index contributed by atoms with van der Waals surface area (Å²) in [4.78, 5) is 12.5. The normalized spacial score (nSPS) is 11.8. The highest BCUT2D eigenvalue weighted by molar-refractivity contribution is 8.02. The zero-order valence-corrected chi connectivity index (χ0v) is 14.7. The van der Waals surface area contributed by atoms with Crippen LogP contribution in [0.25, 0.3) is 0 Å². The molecule has 0 aliphatic carbocycles. The number of benzene rings is 1. The van der Waals surface area contributed by atoms with Gasteiger partial charge in [-0.25, -0.2) is 0 Å². The van der Waals surface area contributed by atoms with E-state index in [-0.39, 0.29) is 11.2 Å². The van der Waals surface area contributed by atoms with Crippen molar-refractivity contribution in [1.82, 2.24) is 10.2 Å². The lowest BCUT2D eigenvalue weighted by molar-refractivity contribution is -0.115. The van der Waals surface area contributed by atoms with E-state index in [1.54, 1.807) is 32.4 Å². The minimum Gasteiger partial charge on any atom is -0.497 e. The molecule has 3 N–H and O–H groups in total. The highest BCUT2D eigenvalue weighted by Gasteiger charge is 2.20. The number of nitrogens with zero attached hydrogens (tertiary/aromatic N) is 2. The van der Waals surface area contributed by atoms with Crippen LogP contribution in [0.15, 0.2) is 22.5 Å². The fourth-order valence-corrected chi connectivity index (χ4v) is 3.62. The maximum atomic E-state index is 12.5. The second kappa shape index (κ2) is 8.02. The Morgan fingerprint density at radius 1 is 1.30 bits per heavy atom. The molecule has 0 saturated heterocycles. The van der Waals surface area contributed by atoms with Crippen molar-refractivity contribution in [3.8, 4) is 11.5 Å². The van der Waals surface area contributed by atoms with Gasteiger partial charge in [0, 0.05) is 23.9 Å². The topological polar surface area (TPSA) is 99.4 Å². The van der Waals surface area contributed by atoms with Gasteiger partial charge < -0.3 is 20.5 Å². The Labute approximate surface area is 142 Å². The number of rotatable bonds is 7. The summed E-state index contributed by atoms with van der Waals surface area (Å²) < 4.78 is 11.1. The van der Waals surface area contributed by atoms with E-state index in [0.29, 0.717) is 33.1 Å². The number of nitrogens with two attached hydrogens (primary N) is 1. The Kier molecular flexibility index (Phi) is 6.05. The number of amides is 1. The molecule has 7 nitrogen and oxygen atoms in total. The molecular formula is C14H18N4O3S2. The molecule has 1 aromatic heterocycles. The molecule has 9 heteroatoms. The third-order valence-electron chi connectivity index (χ3n) is 2.95. The molecule has 0 aliphatic rings. The van der Waals surface area contributed by atoms with E-state index in [0.717, 1.165) is 0 Å². The van der Waals surface area contributed by atoms with Crippen molar-refractivity contribution < 1.29 is 14.3 Å². The van der Waals surface area contributed by atoms with Gasteiger partial charge in [0.25, 0.3) is 0 Å². The van der Waals surface area contributed by atoms with Crippen molar-refractivity contribution in [3.05, 3.63) is 18.2 Å². The molecule has 124 valence electrons. The van der Waals surface area contributed by atoms with Gasteiger partial charge >= 0.3 is 0 Å². The number of hydrogen-bond acceptors (Lipinski definition) is 8. The molecule has 1 heterocycles. The number of carbonyl (C=O) groups is 1. The van der Waals surface area contributed by atoms with Gasteiger partial charge in [-0.15, -0.1) is 10.2 Å². The SMILES string of the molecule is CCC(Sc1nnc(N)s1)C(=O)Nc1cc(OC)cc(OC)c1. The highest BCUT2D eigenvalue weighted by atomic mass is 32.2. The van der Waals surface area contributed by atoms with Gasteiger partial charge in [-0.3, -0.25) is 4.79 Å². The van der Waals surface area contributed by atoms with Gasteiger partial charge in [0.15, 0.2) is 4.34 Å². The van der Waals surface area contributed by atoms with Crippen LogP contribution in [0.1, 0.15) is 13.3 Å². The Balaban J connectivity index is 2.09. The summed E-state index contributed by atoms with van der Waals surface area (Å²) in [6, 6.07) is 5.22. The molecule has 2 rings (SSSR count). The van der Waals surface area contributed by atoms with Crippen LogP contribution in [-0.4, -0.2) is 35.6 Å². The van der Waals surface area contributed by atoms with Crippen LogP contribution < -0.4 is 20.5 Å². The van der Waals surface area contributed by atoms with Crippen LogP contribution in [0.5, 0.6) is 11.5 Å². The summed E-state index contributed by atoms with van der Waals surface area (Å²) in [6.07, 6.45) is 0.650. The molecular weight excluding hydrogens is 336 g/mol. The average Bonchev–Trinajstić information content (AvgIpc) is 2.97. The summed E-state index contributed by atoms with van der Waals surface area (Å²) in [7, 11) is 3.12. The van der Waals surface area contributed by atoms with Crippen molar-refractivity contribution in [2.45, 2.75) is 22.9 Å². The minimum absolute atomic E-state index is 0.124. The van der Waals surface area contributed by atoms with E-state index in [1.807, 2.05) is 6.92 Å². The van der Waals surface area contributed by atoms with Crippen LogP contribution in [0.4, 0.5) is 10.8 Å². The first-order valence-corrected chi connectivity index (χ1v) is 8.55. The molecule has 0 saturated carbocycles. The quantitative estimate of drug-likeness (QED) is 0.737. The van der Waals surface area contributed by atoms with E-state index in [9.17, 15) is 4.79 Å². The molecule has 23 heavy (non-hydrogen) atoms. The lowest BCUT2D eigenvalue weighted by atomic mass is 10.2. The van der Waals surface area contributed by atoms with E-state index in [1.165, 1.54) is 23.1 Å². The van der Waals surface area contributed by atoms with Crippen LogP contribution in [0.3, 0.4) is 0 Å². The molecule has 0 bridgehead atoms. The standard InChI is InChI=1S/C14H18N4O3S2/c1-4-11(22-14-18-17-13(15)23-14)12(19)16-8-5-9(20-2)7-10(6-8)21-3/h5-7,11H,4H2,1-3H3,(H2,15,17)(H,16,19). The number of hydrogen-bond donors (Lipinski definition) is 2. The largest absolute Gasteiger partial charge is 0.497 e. The van der Waals surface area contributed by atoms with Gasteiger partial charge in [-0.05, 0) is 6.42 Å². The van der Waals surface area contributed by atoms with E-state index in [2.05, 4.69) is 15.5 Å². The zero-order valence-electron chi connectivity index (χ0n) is 13.0. The zero-order chi connectivity index (χ0) is 16.8. The van der Waals surface area contributed by atoms with Crippen LogP contribution in [-0.2, 0) is 4.79 Å². The highest BCUT2D eigenvalue weighted by Crippen LogP contribution is 2.31. The van der Waals surface area contributed by atoms with E-state index in [4.69, 9.17) is 15.2 Å². The van der Waals surface area contributed by atoms with Crippen molar-refractivity contribution in [2.24, 2.45) is 0 Å². The van der Waals surface area contributed by atoms with Gasteiger partial charge in [0.05, 0.1) is 19.5 Å². The van der Waals surface area contributed by atoms with E-state index < -0.39 is 0 Å². The van der Waals surface area contributed by atoms with Crippen LogP contribution in [0, 0.1) is 0 Å². The smallest absolute Gasteiger partial charge is 0.237 e. The number of aromatic nitrogens is 2. The molecule has 2 aromatic rings. The third-order valence-corrected chi connectivity index (χ3v) is 5.15. The first-order chi connectivity index (χ1) is 11.0. The monoisotopic (exact) mass is 354 g/mol. The molecule has 0 radical (unpaired) electrons. The van der Waals surface area contributed by atoms with Gasteiger partial charge in [0.1, 0.15) is 11.5 Å². The molecule has 1 atom stereocenters. The van der Waals surface area contributed by atoms with Crippen molar-refractivity contribution in [2.75, 3.05) is 25.3 Å². The number of ether oxygens (including phenoxy) is 2. The molecule has 1 amide bonds. The second-order valence-corrected chi connectivity index (χ2v) is 6.97. The summed E-state index contributed by atoms with van der Waals surface area (Å²) in [5.74, 6) is 1.09. The van der Waals surface area contributed by atoms with Gasteiger partial charge in [0.2, 0.25) is 11.0 Å². The molecule has 0 fully saturated rings. The summed E-state index contributed by atoms with van der Waals surface area (Å²) in [6.45, 7) is 1.94. The maximum absolute atomic E-state index is 12.5. The molecule has 0 aliphatic heterocycles. The Morgan fingerprint density at radius 3 is 2.43 bits per heavy atom. The fraction of sp³-hybridized carbons (Fsp3) is 0.357. The summed E-state index contributed by atoms with van der Waals surface area (Å²) in [5, 5.41) is 10.7. The van der Waals surface area contributed by atoms with Crippen molar-refractivity contribution >= 4 is 39.8 Å². The second-order valence-electron chi connectivity index (χ2n) is 4.51. The van der Waals surface area contributed by atoms with Gasteiger partial charge in [-0.2, -0.15) is 0 Å². The van der Waals surface area contributed by atoms with Crippen molar-refractivity contribution in [1.29, 1.82) is 0 Å². The summed E-state index contributed by atoms with van der Waals surface area (Å²) in [5.41, 5.74) is 6.18. The average molecular weight is 354 g/mol. The summed E-state index contributed by atoms with van der Waals surface area (Å²) >= 11 is 2.61. The number of methoxy groups -OCH3 is 2. The fourth-order valence-electron chi connectivity index (χ4n) is 1.81. The Hall–Kier alpha value is -2.00. The number of thioether (sulfide) groups is 1. The van der Waals surface area contributed by atoms with Gasteiger partial charge in [-0.1, -0.05) is 30.0 Å². The molecule has 1 aromatic carbocycles. The Bertz CT molecular complexity index is 656. The van der Waals surface area contributed by atoms with E-state index >= 15 is 0 Å². The molecule has 1 unspecified atom stereocenters. The van der Waals surface area contributed by atoms with Crippen molar-refractivity contribution in [3.63, 3.8) is 0 Å². The predicted molar refractivity (Wildman–Crippen MR) is 92.4 cm³/mol. The number of anilines is 2. The molecule has 0 spiro atoms. The lowest BCUT2D eigenvalue weighted by Crippen LogP contribution is -2.24. The minimum atomic E-state index is -0.292. The first-order valence-electron chi connectivity index (χ1n) is 6.85. The van der Waals surface area contributed by atoms with Crippen LogP contribution in [0.2, 0.25) is 0 Å². The predicted octanol–water partition coefficient (Wildman–Crippen LogP) is 2.65. The Morgan fingerprint density at radius 2 is 1.96 bits per heavy atom. The van der Waals surface area contributed by atoms with Crippen LogP contribution >= 0.6 is 23.1 Å². The third kappa shape index (κ3) is 4.73. The number of carbonyl (C=O) groups excluding carboxylic acids is 1. The first kappa shape index (κ1) is 17.4. The maximum Gasteiger partial charge on any atom is 0.237 e. The lowest BCUT2D eigenvalue weighted by Gasteiger charge is -2.14.